The van der Waals surface area contributed by atoms with Crippen molar-refractivity contribution in [3.8, 4) is 11.5 Å². The van der Waals surface area contributed by atoms with Crippen molar-refractivity contribution in [1.82, 2.24) is 20.3 Å². The highest BCUT2D eigenvalue weighted by Gasteiger charge is 2.08. The molecule has 0 saturated heterocycles. The lowest BCUT2D eigenvalue weighted by molar-refractivity contribution is -0.124. The molecule has 0 radical (unpaired) electrons. The second kappa shape index (κ2) is 11.2. The van der Waals surface area contributed by atoms with Crippen LogP contribution in [0.1, 0.15) is 16.8 Å². The third-order valence-electron chi connectivity index (χ3n) is 5.21. The number of carbonyl (C=O) groups excluding carboxylic acids is 1. The Bertz CT molecular complexity index is 1350. The number of hydrogen-bond donors (Lipinski definition) is 2. The van der Waals surface area contributed by atoms with Gasteiger partial charge in [-0.15, -0.1) is 0 Å². The first-order valence-corrected chi connectivity index (χ1v) is 11.2. The van der Waals surface area contributed by atoms with Crippen molar-refractivity contribution < 1.29 is 14.3 Å². The summed E-state index contributed by atoms with van der Waals surface area (Å²) in [7, 11) is 1.49. The van der Waals surface area contributed by atoms with Crippen LogP contribution in [-0.2, 0) is 9.53 Å². The van der Waals surface area contributed by atoms with Gasteiger partial charge in [-0.1, -0.05) is 18.2 Å². The topological polar surface area (TPSA) is 98.3 Å². The maximum Gasteiger partial charge on any atom is 0.246 e. The van der Waals surface area contributed by atoms with E-state index in [1.54, 1.807) is 12.5 Å². The summed E-state index contributed by atoms with van der Waals surface area (Å²) in [5.74, 6) is 2.01. The number of benzene rings is 2. The van der Waals surface area contributed by atoms with Gasteiger partial charge in [0, 0.05) is 30.4 Å². The number of aromatic nitrogens is 3. The Morgan fingerprint density at radius 3 is 2.69 bits per heavy atom. The van der Waals surface area contributed by atoms with Crippen LogP contribution >= 0.6 is 0 Å². The van der Waals surface area contributed by atoms with Gasteiger partial charge in [0.15, 0.2) is 0 Å². The van der Waals surface area contributed by atoms with E-state index in [0.717, 1.165) is 39.2 Å². The fourth-order valence-electron chi connectivity index (χ4n) is 3.45. The number of fused-ring (bicyclic) bond motifs is 1. The zero-order valence-electron chi connectivity index (χ0n) is 19.9. The molecule has 8 nitrogen and oxygen atoms in total. The van der Waals surface area contributed by atoms with Crippen LogP contribution in [0.3, 0.4) is 0 Å². The Hall–Kier alpha value is -4.30. The van der Waals surface area contributed by atoms with Gasteiger partial charge in [0.2, 0.25) is 5.91 Å². The summed E-state index contributed by atoms with van der Waals surface area (Å²) < 4.78 is 10.8. The van der Waals surface area contributed by atoms with E-state index in [4.69, 9.17) is 9.47 Å². The fraction of sp³-hybridized carbons (Fsp3) is 0.185. The third-order valence-corrected chi connectivity index (χ3v) is 5.21. The van der Waals surface area contributed by atoms with Crippen LogP contribution < -0.4 is 15.4 Å². The number of methoxy groups -OCH3 is 1. The molecule has 0 spiro atoms. The Morgan fingerprint density at radius 2 is 1.91 bits per heavy atom. The first-order chi connectivity index (χ1) is 17.0. The second-order valence-electron chi connectivity index (χ2n) is 7.98. The summed E-state index contributed by atoms with van der Waals surface area (Å²) in [6, 6.07) is 15.6. The fourth-order valence-corrected chi connectivity index (χ4v) is 3.45. The first kappa shape index (κ1) is 23.8. The van der Waals surface area contributed by atoms with E-state index in [9.17, 15) is 4.79 Å². The number of carbonyl (C=O) groups is 1. The molecule has 0 aliphatic carbocycles. The zero-order valence-corrected chi connectivity index (χ0v) is 19.9. The van der Waals surface area contributed by atoms with Crippen molar-refractivity contribution in [2.75, 3.05) is 25.6 Å². The van der Waals surface area contributed by atoms with Crippen molar-refractivity contribution in [3.05, 3.63) is 84.0 Å². The summed E-state index contributed by atoms with van der Waals surface area (Å²) in [6.45, 7) is 4.40. The van der Waals surface area contributed by atoms with E-state index < -0.39 is 0 Å². The van der Waals surface area contributed by atoms with Crippen LogP contribution in [0.4, 0.5) is 11.5 Å². The van der Waals surface area contributed by atoms with Gasteiger partial charge in [0.05, 0.1) is 11.7 Å². The minimum Gasteiger partial charge on any atom is -0.455 e. The second-order valence-corrected chi connectivity index (χ2v) is 7.98. The molecule has 2 N–H and O–H groups in total. The van der Waals surface area contributed by atoms with Crippen LogP contribution in [0.2, 0.25) is 0 Å². The highest BCUT2D eigenvalue weighted by atomic mass is 16.5. The summed E-state index contributed by atoms with van der Waals surface area (Å²) in [6.07, 6.45) is 7.09. The van der Waals surface area contributed by atoms with Gasteiger partial charge >= 0.3 is 0 Å². The number of aryl methyl sites for hydroxylation is 2. The lowest BCUT2D eigenvalue weighted by Crippen LogP contribution is -2.26. The Morgan fingerprint density at radius 1 is 1.03 bits per heavy atom. The molecule has 4 rings (SSSR count). The van der Waals surface area contributed by atoms with Crippen LogP contribution in [0.5, 0.6) is 11.5 Å². The Kier molecular flexibility index (Phi) is 7.64. The molecule has 178 valence electrons. The van der Waals surface area contributed by atoms with E-state index in [-0.39, 0.29) is 12.5 Å². The van der Waals surface area contributed by atoms with Gasteiger partial charge in [-0.25, -0.2) is 9.97 Å². The molecule has 35 heavy (non-hydrogen) atoms. The SMILES string of the molecule is COCC(=O)NC/C=C\c1ccc2ncnc(Nc3ccc(Oc4ccc(C)nc4)c(C)c3)c2c1. The van der Waals surface area contributed by atoms with Gasteiger partial charge in [-0.05, 0) is 67.4 Å². The summed E-state index contributed by atoms with van der Waals surface area (Å²) in [4.78, 5) is 24.6. The molecular formula is C27H27N5O3. The smallest absolute Gasteiger partial charge is 0.246 e. The number of pyridine rings is 1. The van der Waals surface area contributed by atoms with Crippen LogP contribution in [0.15, 0.2) is 67.1 Å². The highest BCUT2D eigenvalue weighted by molar-refractivity contribution is 5.92. The molecule has 8 heteroatoms. The lowest BCUT2D eigenvalue weighted by Gasteiger charge is -2.12. The number of nitrogens with zero attached hydrogens (tertiary/aromatic N) is 3. The predicted molar refractivity (Wildman–Crippen MR) is 137 cm³/mol. The maximum absolute atomic E-state index is 11.5. The summed E-state index contributed by atoms with van der Waals surface area (Å²) >= 11 is 0. The maximum atomic E-state index is 11.5. The van der Waals surface area contributed by atoms with Crippen molar-refractivity contribution in [2.24, 2.45) is 0 Å². The molecule has 2 aromatic carbocycles. The predicted octanol–water partition coefficient (Wildman–Crippen LogP) is 4.95. The molecular weight excluding hydrogens is 442 g/mol. The molecule has 2 aromatic heterocycles. The van der Waals surface area contributed by atoms with Crippen molar-refractivity contribution in [2.45, 2.75) is 13.8 Å². The van der Waals surface area contributed by atoms with Gasteiger partial charge in [0.1, 0.15) is 30.3 Å². The zero-order chi connectivity index (χ0) is 24.6. The minimum atomic E-state index is -0.155. The number of nitrogens with one attached hydrogen (secondary N) is 2. The highest BCUT2D eigenvalue weighted by Crippen LogP contribution is 2.30. The van der Waals surface area contributed by atoms with E-state index in [0.29, 0.717) is 18.1 Å². The monoisotopic (exact) mass is 469 g/mol. The van der Waals surface area contributed by atoms with E-state index in [2.05, 4.69) is 25.6 Å². The van der Waals surface area contributed by atoms with Gasteiger partial charge < -0.3 is 20.1 Å². The summed E-state index contributed by atoms with van der Waals surface area (Å²) in [5, 5.41) is 7.05. The van der Waals surface area contributed by atoms with E-state index in [1.807, 2.05) is 74.5 Å². The standard InChI is InChI=1S/C27H27N5O3/c1-18-13-21(8-11-25(18)35-22-9-6-19(2)29-15-22)32-27-23-14-20(7-10-24(23)30-17-31-27)5-4-12-28-26(33)16-34-3/h4-11,13-15,17H,12,16H2,1-3H3,(H,28,33)(H,30,31,32)/b5-4-. The van der Waals surface area contributed by atoms with Crippen molar-refractivity contribution in [1.29, 1.82) is 0 Å². The minimum absolute atomic E-state index is 0.0475. The van der Waals surface area contributed by atoms with Crippen molar-refractivity contribution in [3.63, 3.8) is 0 Å². The van der Waals surface area contributed by atoms with Gasteiger partial charge in [-0.3, -0.25) is 9.78 Å². The van der Waals surface area contributed by atoms with E-state index in [1.165, 1.54) is 7.11 Å². The molecule has 2 heterocycles. The molecule has 0 aliphatic rings. The van der Waals surface area contributed by atoms with Gasteiger partial charge in [-0.2, -0.15) is 0 Å². The average molecular weight is 470 g/mol. The van der Waals surface area contributed by atoms with E-state index >= 15 is 0 Å². The average Bonchev–Trinajstić information content (AvgIpc) is 2.85. The van der Waals surface area contributed by atoms with Crippen LogP contribution in [0.25, 0.3) is 17.0 Å². The summed E-state index contributed by atoms with van der Waals surface area (Å²) in [5.41, 5.74) is 4.62. The molecule has 0 unspecified atom stereocenters. The molecule has 0 saturated carbocycles. The third kappa shape index (κ3) is 6.39. The normalized spacial score (nSPS) is 11.1. The van der Waals surface area contributed by atoms with Crippen LogP contribution in [0, 0.1) is 13.8 Å². The molecule has 0 fully saturated rings. The molecule has 0 atom stereocenters. The molecule has 1 amide bonds. The number of ether oxygens (including phenoxy) is 2. The Balaban J connectivity index is 1.49. The molecule has 0 bridgehead atoms. The largest absolute Gasteiger partial charge is 0.455 e. The number of hydrogen-bond acceptors (Lipinski definition) is 7. The van der Waals surface area contributed by atoms with Gasteiger partial charge in [0.25, 0.3) is 0 Å². The molecule has 0 aliphatic heterocycles. The quantitative estimate of drug-likeness (QED) is 0.358. The number of amides is 1. The number of anilines is 2. The lowest BCUT2D eigenvalue weighted by atomic mass is 10.1. The number of rotatable bonds is 9. The first-order valence-electron chi connectivity index (χ1n) is 11.2. The van der Waals surface area contributed by atoms with Crippen LogP contribution in [-0.4, -0.2) is 41.1 Å². The molecule has 4 aromatic rings. The Labute approximate surface area is 204 Å². The van der Waals surface area contributed by atoms with Crippen molar-refractivity contribution >= 4 is 34.4 Å².